The number of allylic oxidation sites excluding steroid dienone is 6. The van der Waals surface area contributed by atoms with Gasteiger partial charge in [-0.1, -0.05) is 301 Å². The molecule has 0 radical (unpaired) electrons. The zero-order valence-corrected chi connectivity index (χ0v) is 74.6. The average molecular weight is 1590 g/mol. The quantitative estimate of drug-likeness (QED) is 0.0390. The summed E-state index contributed by atoms with van der Waals surface area (Å²) in [4.78, 5) is 6.65. The Hall–Kier alpha value is -6.26. The molecule has 0 amide bonds. The predicted octanol–water partition coefficient (Wildman–Crippen LogP) is 28.8. The molecule has 0 atom stereocenters. The van der Waals surface area contributed by atoms with Gasteiger partial charge in [-0.3, -0.25) is 0 Å². The number of hydrogen-bond acceptors (Lipinski definition) is 3. The minimum Gasteiger partial charge on any atom is -0.124 e. The summed E-state index contributed by atoms with van der Waals surface area (Å²) in [5.41, 5.74) is 26.9. The van der Waals surface area contributed by atoms with Crippen LogP contribution in [0.1, 0.15) is 302 Å². The highest BCUT2D eigenvalue weighted by Crippen LogP contribution is 2.43. The van der Waals surface area contributed by atoms with Crippen LogP contribution in [0.15, 0.2) is 116 Å². The van der Waals surface area contributed by atoms with Crippen molar-refractivity contribution in [3.8, 4) is 118 Å². The predicted molar refractivity (Wildman–Crippen MR) is 481 cm³/mol. The average Bonchev–Trinajstić information content (AvgIpc) is 1.46. The van der Waals surface area contributed by atoms with Gasteiger partial charge in [-0.25, -0.2) is 0 Å². The molecule has 0 aliphatic rings. The molecule has 0 spiro atoms. The van der Waals surface area contributed by atoms with E-state index >= 15 is 0 Å². The van der Waals surface area contributed by atoms with Gasteiger partial charge in [0.2, 0.25) is 0 Å². The SMILES string of the molecule is C.C#Cc1ccc(C#C)cc1.CCC/C(C#Cc1ccc(C#C/C(CCC)=C(/C#Cc2ccc(C#C[Si](C(C)C)(C(C)C)C(C)C)s2)CCC)cc1)=C(\C#Cc1ccc(C#C[Si](C(C)C)(C(C)C)C(C)C)s1)CCC.CCC/C(I)=C(\C#Cc1ccc(C#C[Si](C(C)C)(C(C)C)C(C)C)s1)CCC. The monoisotopic (exact) mass is 1580 g/mol. The molecule has 0 N–H and O–H groups in total. The number of terminal acetylenes is 2. The molecule has 0 nitrogen and oxygen atoms in total. The molecule has 5 rings (SSSR count). The lowest BCUT2D eigenvalue weighted by Crippen LogP contribution is -2.43. The summed E-state index contributed by atoms with van der Waals surface area (Å²) in [5.74, 6) is 50.8. The molecule has 0 aliphatic carbocycles. The molecular formula is C96H125IS3Si3. The Balaban J connectivity index is 0.000000753. The van der Waals surface area contributed by atoms with Crippen LogP contribution in [0.3, 0.4) is 0 Å². The lowest BCUT2D eigenvalue weighted by atomic mass is 9.99. The van der Waals surface area contributed by atoms with Gasteiger partial charge in [-0.05, 0) is 196 Å². The van der Waals surface area contributed by atoms with Crippen LogP contribution < -0.4 is 0 Å². The van der Waals surface area contributed by atoms with Crippen molar-refractivity contribution < 1.29 is 0 Å². The van der Waals surface area contributed by atoms with Gasteiger partial charge in [0.25, 0.3) is 0 Å². The van der Waals surface area contributed by atoms with Gasteiger partial charge in [0.15, 0.2) is 0 Å². The van der Waals surface area contributed by atoms with Gasteiger partial charge >= 0.3 is 0 Å². The van der Waals surface area contributed by atoms with E-state index in [9.17, 15) is 0 Å². The Kier molecular flexibility index (Phi) is 43.3. The van der Waals surface area contributed by atoms with Gasteiger partial charge in [0, 0.05) is 53.7 Å². The third-order valence-electron chi connectivity index (χ3n) is 19.5. The van der Waals surface area contributed by atoms with Crippen molar-refractivity contribution in [1.82, 2.24) is 0 Å². The number of thiophene rings is 3. The summed E-state index contributed by atoms with van der Waals surface area (Å²) < 4.78 is 1.42. The van der Waals surface area contributed by atoms with Crippen LogP contribution in [0.5, 0.6) is 0 Å². The minimum absolute atomic E-state index is 0. The molecule has 3 aromatic heterocycles. The van der Waals surface area contributed by atoms with Crippen molar-refractivity contribution in [1.29, 1.82) is 0 Å². The van der Waals surface area contributed by atoms with E-state index in [0.29, 0.717) is 49.9 Å². The first-order valence-electron chi connectivity index (χ1n) is 38.0. The molecule has 0 saturated heterocycles. The van der Waals surface area contributed by atoms with E-state index in [2.05, 4.69) is 355 Å². The summed E-state index contributed by atoms with van der Waals surface area (Å²) in [6.45, 7) is 56.0. The van der Waals surface area contributed by atoms with Crippen molar-refractivity contribution in [2.45, 2.75) is 301 Å². The molecule has 3 heterocycles. The Labute approximate surface area is 661 Å². The van der Waals surface area contributed by atoms with Crippen LogP contribution in [-0.4, -0.2) is 24.2 Å². The summed E-state index contributed by atoms with van der Waals surface area (Å²) in [7, 11) is -5.24. The van der Waals surface area contributed by atoms with Crippen LogP contribution in [0.2, 0.25) is 49.9 Å². The van der Waals surface area contributed by atoms with Crippen molar-refractivity contribution in [3.05, 3.63) is 168 Å². The lowest BCUT2D eigenvalue weighted by Gasteiger charge is -2.38. The van der Waals surface area contributed by atoms with E-state index in [4.69, 9.17) is 12.8 Å². The largest absolute Gasteiger partial charge is 0.146 e. The highest BCUT2D eigenvalue weighted by molar-refractivity contribution is 14.1. The fourth-order valence-electron chi connectivity index (χ4n) is 14.3. The van der Waals surface area contributed by atoms with Crippen LogP contribution in [0, 0.1) is 118 Å². The number of halogens is 1. The van der Waals surface area contributed by atoms with Gasteiger partial charge in [0.1, 0.15) is 24.2 Å². The molecular weight excluding hydrogens is 1460 g/mol. The molecule has 0 saturated carbocycles. The standard InChI is InChI=1S/C60H78S2Si2.C25H37ISSi.C10H6.CH4/c1-17-21-53(55(23-19-3)33-35-57-37-39-59(61-57)41-43-63(45(5)6,46(7)8)47(9)10)31-29-51-25-27-52(28-26-51)30-32-54(22-18-2)56(24-20-4)34-36-58-38-40-60(62-58)42-44-64(48(11)12,49(13)14)50(15)16;1-9-11-22(25(26)12-10-2)13-14-23-15-16-24(27-23)17-18-28(19(3)4,20(5)6)21(7)8;1-3-9-5-7-10(4-2)8-6-9;/h25-28,37-40,45-50H,17-24H2,1-16H3;15-16,19-21H,9-12H2,1-8H3;1-2,5-8H;1H4/b55-53+,56-54+;25-22+;;. The Morgan fingerprint density at radius 3 is 0.699 bits per heavy atom. The van der Waals surface area contributed by atoms with E-state index in [1.54, 1.807) is 34.0 Å². The lowest BCUT2D eigenvalue weighted by molar-refractivity contribution is 0.838. The van der Waals surface area contributed by atoms with E-state index in [1.807, 2.05) is 24.3 Å². The van der Waals surface area contributed by atoms with E-state index in [1.165, 1.54) is 15.6 Å². The topological polar surface area (TPSA) is 0 Å². The summed E-state index contributed by atoms with van der Waals surface area (Å²) in [6, 6.07) is 28.6. The van der Waals surface area contributed by atoms with Gasteiger partial charge in [0.05, 0.1) is 29.3 Å². The number of benzene rings is 2. The van der Waals surface area contributed by atoms with Crippen molar-refractivity contribution in [2.75, 3.05) is 0 Å². The van der Waals surface area contributed by atoms with E-state index in [0.717, 1.165) is 144 Å². The fourth-order valence-corrected chi connectivity index (χ4v) is 33.3. The molecule has 546 valence electrons. The summed E-state index contributed by atoms with van der Waals surface area (Å²) >= 11 is 7.65. The van der Waals surface area contributed by atoms with Crippen LogP contribution in [0.4, 0.5) is 0 Å². The maximum absolute atomic E-state index is 5.14. The molecule has 0 unspecified atom stereocenters. The maximum atomic E-state index is 5.14. The number of rotatable bonds is 21. The summed E-state index contributed by atoms with van der Waals surface area (Å²) in [5, 5.41) is 0. The molecule has 0 aliphatic heterocycles. The van der Waals surface area contributed by atoms with E-state index < -0.39 is 24.2 Å². The summed E-state index contributed by atoms with van der Waals surface area (Å²) in [6.07, 6.45) is 22.6. The second kappa shape index (κ2) is 48.0. The molecule has 2 aromatic carbocycles. The Bertz CT molecular complexity index is 3940. The third kappa shape index (κ3) is 28.5. The second-order valence-electron chi connectivity index (χ2n) is 29.4. The first-order chi connectivity index (χ1) is 48.5. The first kappa shape index (κ1) is 92.8. The maximum Gasteiger partial charge on any atom is 0.146 e. The smallest absolute Gasteiger partial charge is 0.124 e. The van der Waals surface area contributed by atoms with Crippen molar-refractivity contribution in [3.63, 3.8) is 0 Å². The normalized spacial score (nSPS) is 11.8. The van der Waals surface area contributed by atoms with Crippen LogP contribution in [0.25, 0.3) is 0 Å². The van der Waals surface area contributed by atoms with Crippen LogP contribution in [-0.2, 0) is 0 Å². The van der Waals surface area contributed by atoms with Crippen molar-refractivity contribution >= 4 is 80.8 Å². The third-order valence-corrected chi connectivity index (χ3v) is 42.3. The highest BCUT2D eigenvalue weighted by Gasteiger charge is 2.44. The molecule has 0 fully saturated rings. The van der Waals surface area contributed by atoms with Gasteiger partial charge in [-0.2, -0.15) is 0 Å². The zero-order chi connectivity index (χ0) is 76.2. The van der Waals surface area contributed by atoms with Crippen LogP contribution >= 0.6 is 56.6 Å². The Morgan fingerprint density at radius 1 is 0.291 bits per heavy atom. The minimum atomic E-state index is -1.78. The highest BCUT2D eigenvalue weighted by atomic mass is 127. The second-order valence-corrected chi connectivity index (χ2v) is 50.7. The number of hydrogen-bond donors (Lipinski definition) is 0. The first-order valence-corrected chi connectivity index (χ1v) is 48.2. The van der Waals surface area contributed by atoms with Gasteiger partial charge in [-0.15, -0.1) is 63.5 Å². The molecule has 103 heavy (non-hydrogen) atoms. The Morgan fingerprint density at radius 2 is 0.485 bits per heavy atom. The molecule has 7 heteroatoms. The van der Waals surface area contributed by atoms with Crippen molar-refractivity contribution in [2.24, 2.45) is 0 Å². The fraction of sp³-hybridized carbons (Fsp3) is 0.479. The van der Waals surface area contributed by atoms with Gasteiger partial charge < -0.3 is 0 Å². The molecule has 5 aromatic rings. The zero-order valence-electron chi connectivity index (χ0n) is 67.0. The van der Waals surface area contributed by atoms with E-state index in [-0.39, 0.29) is 7.43 Å². The molecule has 0 bridgehead atoms.